The van der Waals surface area contributed by atoms with Crippen molar-refractivity contribution in [2.75, 3.05) is 25.6 Å². The van der Waals surface area contributed by atoms with Gasteiger partial charge in [-0.15, -0.1) is 5.10 Å². The van der Waals surface area contributed by atoms with E-state index < -0.39 is 0 Å². The first kappa shape index (κ1) is 23.2. The number of carbonyl (C=O) groups is 1. The van der Waals surface area contributed by atoms with Crippen LogP contribution in [0.25, 0.3) is 16.6 Å². The molecule has 0 aliphatic heterocycles. The summed E-state index contributed by atoms with van der Waals surface area (Å²) in [6, 6.07) is 2.21. The van der Waals surface area contributed by atoms with Crippen molar-refractivity contribution in [1.29, 1.82) is 0 Å². The first-order valence-electron chi connectivity index (χ1n) is 11.5. The van der Waals surface area contributed by atoms with Gasteiger partial charge in [0.1, 0.15) is 6.54 Å². The highest BCUT2D eigenvalue weighted by Gasteiger charge is 2.26. The number of rotatable bonds is 9. The van der Waals surface area contributed by atoms with Crippen molar-refractivity contribution in [2.24, 2.45) is 0 Å². The van der Waals surface area contributed by atoms with Crippen LogP contribution in [0.5, 0.6) is 0 Å². The van der Waals surface area contributed by atoms with Crippen LogP contribution in [-0.2, 0) is 20.8 Å². The van der Waals surface area contributed by atoms with Crippen LogP contribution < -0.4 is 5.32 Å². The summed E-state index contributed by atoms with van der Waals surface area (Å²) in [5.41, 5.74) is 3.81. The molecular weight excluding hydrogens is 424 g/mol. The molecule has 0 saturated heterocycles. The van der Waals surface area contributed by atoms with E-state index in [0.29, 0.717) is 25.1 Å². The Morgan fingerprint density at radius 1 is 1.30 bits per heavy atom. The van der Waals surface area contributed by atoms with Gasteiger partial charge in [-0.2, -0.15) is 5.10 Å². The van der Waals surface area contributed by atoms with Gasteiger partial charge < -0.3 is 19.9 Å². The number of aromatic nitrogens is 5. The van der Waals surface area contributed by atoms with Gasteiger partial charge in [0.05, 0.1) is 37.2 Å². The van der Waals surface area contributed by atoms with Crippen molar-refractivity contribution < 1.29 is 19.4 Å². The molecule has 3 aromatic heterocycles. The number of hydrogen-bond donors (Lipinski definition) is 2. The van der Waals surface area contributed by atoms with Crippen LogP contribution in [0.3, 0.4) is 0 Å². The second kappa shape index (κ2) is 10.3. The maximum absolute atomic E-state index is 11.8. The number of anilines is 1. The third-order valence-electron chi connectivity index (χ3n) is 5.99. The molecule has 1 saturated carbocycles. The zero-order chi connectivity index (χ0) is 23.4. The zero-order valence-corrected chi connectivity index (χ0v) is 19.4. The van der Waals surface area contributed by atoms with Crippen LogP contribution in [0.4, 0.5) is 5.95 Å². The SMILES string of the molecule is CCOC(=O)Cn1cc(-c2cc([C@H]3CC[C@H](O)CC3)n3nc(N[C@@H](C)COC)ncc23)cn1. The molecule has 10 nitrogen and oxygen atoms in total. The summed E-state index contributed by atoms with van der Waals surface area (Å²) in [7, 11) is 1.66. The van der Waals surface area contributed by atoms with E-state index >= 15 is 0 Å². The molecule has 0 unspecified atom stereocenters. The van der Waals surface area contributed by atoms with Crippen LogP contribution in [0.15, 0.2) is 24.7 Å². The van der Waals surface area contributed by atoms with Crippen LogP contribution in [-0.4, -0.2) is 67.9 Å². The summed E-state index contributed by atoms with van der Waals surface area (Å²) in [6.07, 6.45) is 8.55. The van der Waals surface area contributed by atoms with Gasteiger partial charge in [-0.05, 0) is 45.6 Å². The lowest BCUT2D eigenvalue weighted by Crippen LogP contribution is -2.23. The van der Waals surface area contributed by atoms with Crippen LogP contribution >= 0.6 is 0 Å². The molecule has 0 bridgehead atoms. The van der Waals surface area contributed by atoms with Crippen molar-refractivity contribution in [3.63, 3.8) is 0 Å². The van der Waals surface area contributed by atoms with Crippen molar-refractivity contribution >= 4 is 17.4 Å². The maximum atomic E-state index is 11.8. The summed E-state index contributed by atoms with van der Waals surface area (Å²) in [6.45, 7) is 4.75. The Hall–Kier alpha value is -2.98. The van der Waals surface area contributed by atoms with Gasteiger partial charge in [-0.25, -0.2) is 9.50 Å². The topological polar surface area (TPSA) is 116 Å². The fraction of sp³-hybridized carbons (Fsp3) is 0.565. The molecule has 3 heterocycles. The minimum Gasteiger partial charge on any atom is -0.465 e. The fourth-order valence-corrected chi connectivity index (χ4v) is 4.41. The number of nitrogens with one attached hydrogen (secondary N) is 1. The molecule has 0 spiro atoms. The van der Waals surface area contributed by atoms with Gasteiger partial charge >= 0.3 is 5.97 Å². The smallest absolute Gasteiger partial charge is 0.327 e. The molecule has 1 atom stereocenters. The molecule has 1 fully saturated rings. The Balaban J connectivity index is 1.69. The van der Waals surface area contributed by atoms with E-state index in [-0.39, 0.29) is 24.7 Å². The summed E-state index contributed by atoms with van der Waals surface area (Å²) in [4.78, 5) is 16.4. The molecule has 0 aromatic carbocycles. The van der Waals surface area contributed by atoms with E-state index in [9.17, 15) is 9.90 Å². The third-order valence-corrected chi connectivity index (χ3v) is 5.99. The average molecular weight is 457 g/mol. The molecule has 178 valence electrons. The lowest BCUT2D eigenvalue weighted by molar-refractivity contribution is -0.144. The predicted molar refractivity (Wildman–Crippen MR) is 123 cm³/mol. The molecule has 1 aliphatic rings. The number of aliphatic hydroxyl groups is 1. The molecule has 10 heteroatoms. The Kier molecular flexibility index (Phi) is 7.24. The number of esters is 1. The lowest BCUT2D eigenvalue weighted by atomic mass is 9.85. The van der Waals surface area contributed by atoms with Crippen molar-refractivity contribution in [3.8, 4) is 11.1 Å². The minimum absolute atomic E-state index is 0.0644. The van der Waals surface area contributed by atoms with Crippen molar-refractivity contribution in [2.45, 2.75) is 64.1 Å². The molecular formula is C23H32N6O4. The van der Waals surface area contributed by atoms with Gasteiger partial charge in [0.25, 0.3) is 0 Å². The van der Waals surface area contributed by atoms with E-state index in [1.165, 1.54) is 0 Å². The number of carbonyl (C=O) groups excluding carboxylic acids is 1. The quantitative estimate of drug-likeness (QED) is 0.472. The predicted octanol–water partition coefficient (Wildman–Crippen LogP) is 2.62. The normalized spacial score (nSPS) is 19.5. The molecule has 4 rings (SSSR count). The van der Waals surface area contributed by atoms with E-state index in [2.05, 4.69) is 21.5 Å². The van der Waals surface area contributed by atoms with Gasteiger partial charge in [0.2, 0.25) is 5.95 Å². The van der Waals surface area contributed by atoms with Crippen LogP contribution in [0.1, 0.15) is 51.1 Å². The summed E-state index contributed by atoms with van der Waals surface area (Å²) in [5.74, 6) is 0.507. The molecule has 2 N–H and O–H groups in total. The Morgan fingerprint density at radius 3 is 2.82 bits per heavy atom. The second-order valence-electron chi connectivity index (χ2n) is 8.60. The van der Waals surface area contributed by atoms with E-state index in [4.69, 9.17) is 14.6 Å². The average Bonchev–Trinajstić information content (AvgIpc) is 3.39. The Labute approximate surface area is 192 Å². The fourth-order valence-electron chi connectivity index (χ4n) is 4.41. The molecule has 33 heavy (non-hydrogen) atoms. The number of ether oxygens (including phenoxy) is 2. The summed E-state index contributed by atoms with van der Waals surface area (Å²) in [5, 5.41) is 22.4. The van der Waals surface area contributed by atoms with Crippen molar-refractivity contribution in [3.05, 3.63) is 30.4 Å². The Bertz CT molecular complexity index is 1090. The maximum Gasteiger partial charge on any atom is 0.327 e. The lowest BCUT2D eigenvalue weighted by Gasteiger charge is -2.25. The van der Waals surface area contributed by atoms with E-state index in [0.717, 1.165) is 48.0 Å². The standard InChI is InChI=1S/C23H32N6O4/c1-4-33-22(31)13-28-12-17(10-25-28)19-9-20(16-5-7-18(30)8-6-16)29-21(19)11-24-23(27-29)26-15(2)14-32-3/h9-12,15-16,18,30H,4-8,13-14H2,1-3H3,(H,26,27)/t15-,16-,18-/m0/s1. The monoisotopic (exact) mass is 456 g/mol. The van der Waals surface area contributed by atoms with Gasteiger partial charge in [0.15, 0.2) is 0 Å². The highest BCUT2D eigenvalue weighted by atomic mass is 16.5. The first-order chi connectivity index (χ1) is 16.0. The molecule has 0 radical (unpaired) electrons. The highest BCUT2D eigenvalue weighted by molar-refractivity contribution is 5.81. The first-order valence-corrected chi connectivity index (χ1v) is 11.5. The van der Waals surface area contributed by atoms with E-state index in [1.807, 2.05) is 23.8 Å². The number of nitrogens with zero attached hydrogens (tertiary/aromatic N) is 5. The molecule has 0 amide bonds. The minimum atomic E-state index is -0.320. The van der Waals surface area contributed by atoms with Gasteiger partial charge in [0, 0.05) is 42.1 Å². The third kappa shape index (κ3) is 5.33. The number of aliphatic hydroxyl groups excluding tert-OH is 1. The zero-order valence-electron chi connectivity index (χ0n) is 19.4. The Morgan fingerprint density at radius 2 is 2.09 bits per heavy atom. The van der Waals surface area contributed by atoms with Gasteiger partial charge in [-0.3, -0.25) is 9.48 Å². The molecule has 3 aromatic rings. The summed E-state index contributed by atoms with van der Waals surface area (Å²) < 4.78 is 13.8. The summed E-state index contributed by atoms with van der Waals surface area (Å²) >= 11 is 0. The number of methoxy groups -OCH3 is 1. The second-order valence-corrected chi connectivity index (χ2v) is 8.60. The van der Waals surface area contributed by atoms with Crippen LogP contribution in [0, 0.1) is 0 Å². The van der Waals surface area contributed by atoms with E-state index in [1.54, 1.807) is 24.9 Å². The van der Waals surface area contributed by atoms with Crippen molar-refractivity contribution in [1.82, 2.24) is 24.4 Å². The number of fused-ring (bicyclic) bond motifs is 1. The van der Waals surface area contributed by atoms with Gasteiger partial charge in [-0.1, -0.05) is 0 Å². The largest absolute Gasteiger partial charge is 0.465 e. The number of hydrogen-bond acceptors (Lipinski definition) is 8. The molecule has 1 aliphatic carbocycles. The van der Waals surface area contributed by atoms with Crippen LogP contribution in [0.2, 0.25) is 0 Å². The highest BCUT2D eigenvalue weighted by Crippen LogP contribution is 2.37.